The van der Waals surface area contributed by atoms with Gasteiger partial charge in [0.15, 0.2) is 0 Å². The summed E-state index contributed by atoms with van der Waals surface area (Å²) in [5.74, 6) is 5.76. The topological polar surface area (TPSA) is 69.6 Å². The third-order valence-corrected chi connectivity index (χ3v) is 4.94. The van der Waals surface area contributed by atoms with Crippen molar-refractivity contribution in [1.29, 1.82) is 0 Å². The summed E-state index contributed by atoms with van der Waals surface area (Å²) < 4.78 is 27.7. The lowest BCUT2D eigenvalue weighted by molar-refractivity contribution is 0.305. The summed E-state index contributed by atoms with van der Waals surface area (Å²) in [5, 5.41) is 10.5. The Morgan fingerprint density at radius 3 is 2.80 bits per heavy atom. The minimum absolute atomic E-state index is 0.0475. The fourth-order valence-electron chi connectivity index (χ4n) is 1.44. The Hall–Kier alpha value is -0.910. The smallest absolute Gasteiger partial charge is 0.279 e. The molecule has 1 aromatic heterocycles. The van der Waals surface area contributed by atoms with Crippen LogP contribution in [-0.2, 0) is 16.8 Å². The molecular formula is C13H20N2O3S2. The van der Waals surface area contributed by atoms with Crippen molar-refractivity contribution in [2.24, 2.45) is 0 Å². The second kappa shape index (κ2) is 7.76. The van der Waals surface area contributed by atoms with Gasteiger partial charge in [-0.1, -0.05) is 11.8 Å². The fourth-order valence-corrected chi connectivity index (χ4v) is 3.48. The van der Waals surface area contributed by atoms with Crippen molar-refractivity contribution in [3.8, 4) is 11.8 Å². The SMILES string of the molecule is CC(C)NS(=O)(=O)N(C)Cc1cc(C#CCCO)cs1. The first-order valence-electron chi connectivity index (χ1n) is 6.26. The minimum atomic E-state index is -3.45. The van der Waals surface area contributed by atoms with Gasteiger partial charge in [-0.3, -0.25) is 0 Å². The molecule has 7 heteroatoms. The van der Waals surface area contributed by atoms with Crippen LogP contribution in [0.2, 0.25) is 0 Å². The number of aliphatic hydroxyl groups is 1. The van der Waals surface area contributed by atoms with Crippen LogP contribution >= 0.6 is 11.3 Å². The molecule has 0 radical (unpaired) electrons. The first-order valence-corrected chi connectivity index (χ1v) is 8.58. The zero-order chi connectivity index (χ0) is 15.2. The van der Waals surface area contributed by atoms with Crippen LogP contribution in [0.3, 0.4) is 0 Å². The van der Waals surface area contributed by atoms with Gasteiger partial charge in [-0.15, -0.1) is 11.3 Å². The molecule has 0 saturated carbocycles. The Labute approximate surface area is 124 Å². The molecule has 0 atom stereocenters. The molecule has 1 rings (SSSR count). The van der Waals surface area contributed by atoms with E-state index in [1.807, 2.05) is 11.4 Å². The van der Waals surface area contributed by atoms with Crippen LogP contribution < -0.4 is 4.72 Å². The Kier molecular flexibility index (Phi) is 6.65. The molecule has 0 aliphatic rings. The van der Waals surface area contributed by atoms with Crippen molar-refractivity contribution in [2.75, 3.05) is 13.7 Å². The number of hydrogen-bond donors (Lipinski definition) is 2. The number of aliphatic hydroxyl groups excluding tert-OH is 1. The summed E-state index contributed by atoms with van der Waals surface area (Å²) in [5.41, 5.74) is 0.848. The largest absolute Gasteiger partial charge is 0.395 e. The van der Waals surface area contributed by atoms with Crippen LogP contribution in [0, 0.1) is 11.8 Å². The van der Waals surface area contributed by atoms with Gasteiger partial charge in [0, 0.05) is 41.9 Å². The standard InChI is InChI=1S/C13H20N2O3S2/c1-11(2)14-20(17,18)15(3)9-13-8-12(10-19-13)6-4-5-7-16/h8,10-11,14,16H,5,7,9H2,1-3H3. The average molecular weight is 316 g/mol. The average Bonchev–Trinajstić information content (AvgIpc) is 2.75. The van der Waals surface area contributed by atoms with Gasteiger partial charge in [0.2, 0.25) is 0 Å². The predicted molar refractivity (Wildman–Crippen MR) is 81.6 cm³/mol. The highest BCUT2D eigenvalue weighted by Crippen LogP contribution is 2.16. The summed E-state index contributed by atoms with van der Waals surface area (Å²) >= 11 is 1.47. The molecule has 0 spiro atoms. The number of hydrogen-bond acceptors (Lipinski definition) is 4. The molecule has 0 unspecified atom stereocenters. The highest BCUT2D eigenvalue weighted by Gasteiger charge is 2.19. The van der Waals surface area contributed by atoms with Gasteiger partial charge in [0.05, 0.1) is 6.61 Å². The Bertz CT molecular complexity index is 582. The summed E-state index contributed by atoms with van der Waals surface area (Å²) in [6.45, 7) is 3.93. The maximum Gasteiger partial charge on any atom is 0.279 e. The van der Waals surface area contributed by atoms with Gasteiger partial charge in [0.25, 0.3) is 10.2 Å². The van der Waals surface area contributed by atoms with Crippen LogP contribution in [0.15, 0.2) is 11.4 Å². The zero-order valence-corrected chi connectivity index (χ0v) is 13.5. The van der Waals surface area contributed by atoms with E-state index in [2.05, 4.69) is 16.6 Å². The van der Waals surface area contributed by atoms with Crippen molar-refractivity contribution in [1.82, 2.24) is 9.03 Å². The first kappa shape index (κ1) is 17.1. The highest BCUT2D eigenvalue weighted by atomic mass is 32.2. The molecule has 20 heavy (non-hydrogen) atoms. The molecule has 0 fully saturated rings. The molecule has 0 aliphatic carbocycles. The van der Waals surface area contributed by atoms with Gasteiger partial charge in [-0.25, -0.2) is 0 Å². The minimum Gasteiger partial charge on any atom is -0.395 e. The summed E-state index contributed by atoms with van der Waals surface area (Å²) in [6, 6.07) is 1.74. The van der Waals surface area contributed by atoms with E-state index in [1.165, 1.54) is 15.6 Å². The van der Waals surface area contributed by atoms with Crippen molar-refractivity contribution < 1.29 is 13.5 Å². The van der Waals surface area contributed by atoms with E-state index >= 15 is 0 Å². The highest BCUT2D eigenvalue weighted by molar-refractivity contribution is 7.87. The molecule has 2 N–H and O–H groups in total. The lowest BCUT2D eigenvalue weighted by atomic mass is 10.3. The van der Waals surface area contributed by atoms with Crippen LogP contribution in [0.4, 0.5) is 0 Å². The quantitative estimate of drug-likeness (QED) is 0.774. The molecule has 1 aromatic rings. The Balaban J connectivity index is 2.68. The molecule has 0 amide bonds. The van der Waals surface area contributed by atoms with Crippen molar-refractivity contribution in [3.63, 3.8) is 0 Å². The maximum absolute atomic E-state index is 11.9. The number of rotatable bonds is 6. The number of thiophene rings is 1. The second-order valence-corrected chi connectivity index (χ2v) is 7.42. The normalized spacial score (nSPS) is 11.7. The molecule has 5 nitrogen and oxygen atoms in total. The molecule has 0 saturated heterocycles. The van der Waals surface area contributed by atoms with E-state index in [-0.39, 0.29) is 12.6 Å². The Morgan fingerprint density at radius 1 is 1.50 bits per heavy atom. The van der Waals surface area contributed by atoms with E-state index in [4.69, 9.17) is 5.11 Å². The van der Waals surface area contributed by atoms with E-state index < -0.39 is 10.2 Å². The third-order valence-electron chi connectivity index (χ3n) is 2.30. The van der Waals surface area contributed by atoms with Gasteiger partial charge >= 0.3 is 0 Å². The van der Waals surface area contributed by atoms with Crippen molar-refractivity contribution in [3.05, 3.63) is 21.9 Å². The maximum atomic E-state index is 11.9. The van der Waals surface area contributed by atoms with Crippen LogP contribution in [0.1, 0.15) is 30.7 Å². The fraction of sp³-hybridized carbons (Fsp3) is 0.538. The third kappa shape index (κ3) is 5.61. The monoisotopic (exact) mass is 316 g/mol. The van der Waals surface area contributed by atoms with Gasteiger partial charge < -0.3 is 5.11 Å². The van der Waals surface area contributed by atoms with Gasteiger partial charge in [-0.2, -0.15) is 17.4 Å². The second-order valence-electron chi connectivity index (χ2n) is 4.61. The van der Waals surface area contributed by atoms with Gasteiger partial charge in [0.1, 0.15) is 0 Å². The summed E-state index contributed by atoms with van der Waals surface area (Å²) in [7, 11) is -1.91. The molecule has 112 valence electrons. The van der Waals surface area contributed by atoms with Gasteiger partial charge in [-0.05, 0) is 19.9 Å². The van der Waals surface area contributed by atoms with E-state index in [1.54, 1.807) is 20.9 Å². The van der Waals surface area contributed by atoms with E-state index in [9.17, 15) is 8.42 Å². The number of nitrogens with one attached hydrogen (secondary N) is 1. The van der Waals surface area contributed by atoms with E-state index in [0.717, 1.165) is 10.4 Å². The predicted octanol–water partition coefficient (Wildman–Crippen LogP) is 1.16. The molecule has 0 bridgehead atoms. The molecule has 1 heterocycles. The number of nitrogens with zero attached hydrogens (tertiary/aromatic N) is 1. The van der Waals surface area contributed by atoms with Crippen LogP contribution in [-0.4, -0.2) is 37.5 Å². The molecule has 0 aromatic carbocycles. The van der Waals surface area contributed by atoms with E-state index in [0.29, 0.717) is 13.0 Å². The first-order chi connectivity index (χ1) is 9.35. The summed E-state index contributed by atoms with van der Waals surface area (Å²) in [4.78, 5) is 0.926. The van der Waals surface area contributed by atoms with Crippen molar-refractivity contribution in [2.45, 2.75) is 32.9 Å². The Morgan fingerprint density at radius 2 is 2.20 bits per heavy atom. The lowest BCUT2D eigenvalue weighted by Gasteiger charge is -2.18. The molecule has 0 aliphatic heterocycles. The van der Waals surface area contributed by atoms with Crippen LogP contribution in [0.25, 0.3) is 0 Å². The zero-order valence-electron chi connectivity index (χ0n) is 11.9. The van der Waals surface area contributed by atoms with Crippen molar-refractivity contribution >= 4 is 21.5 Å². The molecular weight excluding hydrogens is 296 g/mol. The summed E-state index contributed by atoms with van der Waals surface area (Å²) in [6.07, 6.45) is 0.442. The lowest BCUT2D eigenvalue weighted by Crippen LogP contribution is -2.41. The van der Waals surface area contributed by atoms with Crippen LogP contribution in [0.5, 0.6) is 0 Å².